The van der Waals surface area contributed by atoms with E-state index in [2.05, 4.69) is 15.9 Å². The second kappa shape index (κ2) is 5.25. The van der Waals surface area contributed by atoms with Gasteiger partial charge < -0.3 is 0 Å². The first kappa shape index (κ1) is 13.3. The largest absolute Gasteiger partial charge is 0.289 e. The smallest absolute Gasteiger partial charge is 0.193 e. The van der Waals surface area contributed by atoms with Gasteiger partial charge >= 0.3 is 0 Å². The Morgan fingerprint density at radius 3 is 2.56 bits per heavy atom. The van der Waals surface area contributed by atoms with Crippen molar-refractivity contribution in [3.05, 3.63) is 68.1 Å². The normalized spacial score (nSPS) is 10.4. The Labute approximate surface area is 120 Å². The number of hydrogen-bond donors (Lipinski definition) is 0. The van der Waals surface area contributed by atoms with Crippen LogP contribution in [0.3, 0.4) is 0 Å². The molecule has 18 heavy (non-hydrogen) atoms. The van der Waals surface area contributed by atoms with Gasteiger partial charge in [-0.1, -0.05) is 29.8 Å². The SMILES string of the molecule is Cc1cccc(C(=O)c2ccc(Cl)c(Br)c2)c1C. The minimum absolute atomic E-state index is 0.0218. The Kier molecular flexibility index (Phi) is 3.88. The number of rotatable bonds is 2. The van der Waals surface area contributed by atoms with Gasteiger partial charge in [-0.15, -0.1) is 0 Å². The molecule has 0 saturated heterocycles. The molecule has 0 atom stereocenters. The van der Waals surface area contributed by atoms with E-state index in [0.29, 0.717) is 10.6 Å². The maximum Gasteiger partial charge on any atom is 0.193 e. The molecule has 0 aliphatic rings. The number of hydrogen-bond acceptors (Lipinski definition) is 1. The van der Waals surface area contributed by atoms with E-state index in [9.17, 15) is 4.79 Å². The van der Waals surface area contributed by atoms with Crippen LogP contribution in [0.15, 0.2) is 40.9 Å². The summed E-state index contributed by atoms with van der Waals surface area (Å²) in [6.45, 7) is 3.97. The van der Waals surface area contributed by atoms with Crippen LogP contribution in [0, 0.1) is 13.8 Å². The summed E-state index contributed by atoms with van der Waals surface area (Å²) in [4.78, 5) is 12.4. The average molecular weight is 324 g/mol. The second-order valence-corrected chi connectivity index (χ2v) is 5.47. The van der Waals surface area contributed by atoms with Crippen LogP contribution in [-0.2, 0) is 0 Å². The van der Waals surface area contributed by atoms with Crippen LogP contribution in [0.4, 0.5) is 0 Å². The lowest BCUT2D eigenvalue weighted by atomic mass is 9.96. The molecule has 92 valence electrons. The van der Waals surface area contributed by atoms with Gasteiger partial charge in [0.05, 0.1) is 5.02 Å². The summed E-state index contributed by atoms with van der Waals surface area (Å²) < 4.78 is 0.736. The maximum absolute atomic E-state index is 12.4. The lowest BCUT2D eigenvalue weighted by Gasteiger charge is -2.08. The maximum atomic E-state index is 12.4. The molecule has 0 aliphatic carbocycles. The van der Waals surface area contributed by atoms with Gasteiger partial charge in [-0.3, -0.25) is 4.79 Å². The number of ketones is 1. The van der Waals surface area contributed by atoms with Crippen molar-refractivity contribution in [2.75, 3.05) is 0 Å². The molecule has 0 aliphatic heterocycles. The fraction of sp³-hybridized carbons (Fsp3) is 0.133. The number of carbonyl (C=O) groups excluding carboxylic acids is 1. The highest BCUT2D eigenvalue weighted by Crippen LogP contribution is 2.25. The standard InChI is InChI=1S/C15H12BrClO/c1-9-4-3-5-12(10(9)2)15(18)11-6-7-14(17)13(16)8-11/h3-8H,1-2H3. The molecule has 0 bridgehead atoms. The van der Waals surface area contributed by atoms with Crippen molar-refractivity contribution < 1.29 is 4.79 Å². The Bertz CT molecular complexity index is 620. The third-order valence-corrected chi connectivity index (χ3v) is 4.24. The van der Waals surface area contributed by atoms with E-state index in [1.54, 1.807) is 18.2 Å². The fourth-order valence-corrected chi connectivity index (χ4v) is 2.29. The van der Waals surface area contributed by atoms with Crippen molar-refractivity contribution in [1.82, 2.24) is 0 Å². The van der Waals surface area contributed by atoms with Crippen LogP contribution in [0.5, 0.6) is 0 Å². The van der Waals surface area contributed by atoms with E-state index in [1.165, 1.54) is 0 Å². The molecule has 0 heterocycles. The zero-order valence-corrected chi connectivity index (χ0v) is 12.5. The summed E-state index contributed by atoms with van der Waals surface area (Å²) in [5.74, 6) is 0.0218. The third-order valence-electron chi connectivity index (χ3n) is 3.03. The first-order valence-corrected chi connectivity index (χ1v) is 6.74. The highest BCUT2D eigenvalue weighted by molar-refractivity contribution is 9.10. The van der Waals surface area contributed by atoms with Crippen molar-refractivity contribution in [2.24, 2.45) is 0 Å². The molecule has 0 aromatic heterocycles. The molecule has 0 N–H and O–H groups in total. The van der Waals surface area contributed by atoms with Crippen molar-refractivity contribution in [3.8, 4) is 0 Å². The van der Waals surface area contributed by atoms with Crippen molar-refractivity contribution in [2.45, 2.75) is 13.8 Å². The molecule has 3 heteroatoms. The van der Waals surface area contributed by atoms with Crippen LogP contribution in [0.1, 0.15) is 27.0 Å². The zero-order chi connectivity index (χ0) is 13.3. The van der Waals surface area contributed by atoms with Crippen molar-refractivity contribution in [3.63, 3.8) is 0 Å². The molecule has 2 aromatic rings. The van der Waals surface area contributed by atoms with E-state index < -0.39 is 0 Å². The topological polar surface area (TPSA) is 17.1 Å². The van der Waals surface area contributed by atoms with Crippen LogP contribution >= 0.6 is 27.5 Å². The highest BCUT2D eigenvalue weighted by atomic mass is 79.9. The Balaban J connectivity index is 2.48. The van der Waals surface area contributed by atoms with Gasteiger partial charge in [0.25, 0.3) is 0 Å². The Hall–Kier alpha value is -1.12. The van der Waals surface area contributed by atoms with Crippen LogP contribution in [-0.4, -0.2) is 5.78 Å². The molecular formula is C15H12BrClO. The van der Waals surface area contributed by atoms with E-state index >= 15 is 0 Å². The van der Waals surface area contributed by atoms with Gasteiger partial charge in [0, 0.05) is 15.6 Å². The molecule has 2 aromatic carbocycles. The first-order valence-electron chi connectivity index (χ1n) is 5.56. The summed E-state index contributed by atoms with van der Waals surface area (Å²) in [7, 11) is 0. The van der Waals surface area contributed by atoms with Gasteiger partial charge in [0.15, 0.2) is 5.78 Å². The van der Waals surface area contributed by atoms with Crippen molar-refractivity contribution >= 4 is 33.3 Å². The minimum atomic E-state index is 0.0218. The fourth-order valence-electron chi connectivity index (χ4n) is 1.79. The van der Waals surface area contributed by atoms with E-state index in [-0.39, 0.29) is 5.78 Å². The summed E-state index contributed by atoms with van der Waals surface area (Å²) in [5, 5.41) is 0.604. The first-order chi connectivity index (χ1) is 8.50. The highest BCUT2D eigenvalue weighted by Gasteiger charge is 2.13. The van der Waals surface area contributed by atoms with E-state index in [4.69, 9.17) is 11.6 Å². The van der Waals surface area contributed by atoms with Gasteiger partial charge in [0.1, 0.15) is 0 Å². The molecule has 0 fully saturated rings. The second-order valence-electron chi connectivity index (χ2n) is 4.21. The van der Waals surface area contributed by atoms with Crippen molar-refractivity contribution in [1.29, 1.82) is 0 Å². The lowest BCUT2D eigenvalue weighted by Crippen LogP contribution is -2.04. The number of benzene rings is 2. The van der Waals surface area contributed by atoms with Gasteiger partial charge in [0.2, 0.25) is 0 Å². The molecular weight excluding hydrogens is 312 g/mol. The monoisotopic (exact) mass is 322 g/mol. The molecule has 0 unspecified atom stereocenters. The van der Waals surface area contributed by atoms with Crippen LogP contribution in [0.2, 0.25) is 5.02 Å². The van der Waals surface area contributed by atoms with Gasteiger partial charge in [-0.05, 0) is 59.1 Å². The summed E-state index contributed by atoms with van der Waals surface area (Å²) in [6.07, 6.45) is 0. The molecule has 2 rings (SSSR count). The number of carbonyl (C=O) groups is 1. The molecule has 1 nitrogen and oxygen atoms in total. The van der Waals surface area contributed by atoms with Gasteiger partial charge in [-0.25, -0.2) is 0 Å². The molecule has 0 spiro atoms. The van der Waals surface area contributed by atoms with E-state index in [1.807, 2.05) is 32.0 Å². The number of aryl methyl sites for hydroxylation is 1. The summed E-state index contributed by atoms with van der Waals surface area (Å²) in [6, 6.07) is 11.0. The van der Waals surface area contributed by atoms with Crippen LogP contribution < -0.4 is 0 Å². The molecule has 0 amide bonds. The summed E-state index contributed by atoms with van der Waals surface area (Å²) in [5.41, 5.74) is 3.52. The summed E-state index contributed by atoms with van der Waals surface area (Å²) >= 11 is 9.27. The van der Waals surface area contributed by atoms with Crippen LogP contribution in [0.25, 0.3) is 0 Å². The predicted octanol–water partition coefficient (Wildman–Crippen LogP) is 4.95. The van der Waals surface area contributed by atoms with Gasteiger partial charge in [-0.2, -0.15) is 0 Å². The number of halogens is 2. The quantitative estimate of drug-likeness (QED) is 0.715. The third kappa shape index (κ3) is 2.50. The van der Waals surface area contributed by atoms with E-state index in [0.717, 1.165) is 21.2 Å². The zero-order valence-electron chi connectivity index (χ0n) is 10.1. The average Bonchev–Trinajstić information content (AvgIpc) is 2.35. The lowest BCUT2D eigenvalue weighted by molar-refractivity contribution is 0.103. The minimum Gasteiger partial charge on any atom is -0.289 e. The molecule has 0 saturated carbocycles. The predicted molar refractivity (Wildman–Crippen MR) is 78.5 cm³/mol. The molecule has 0 radical (unpaired) electrons. The Morgan fingerprint density at radius 2 is 1.89 bits per heavy atom. The Morgan fingerprint density at radius 1 is 1.17 bits per heavy atom.